The van der Waals surface area contributed by atoms with E-state index in [0.29, 0.717) is 6.04 Å². The first-order valence-electron chi connectivity index (χ1n) is 7.89. The average Bonchev–Trinajstić information content (AvgIpc) is 3.23. The Morgan fingerprint density at radius 1 is 1.40 bits per heavy atom. The number of furan rings is 1. The summed E-state index contributed by atoms with van der Waals surface area (Å²) in [5, 5.41) is 3.51. The van der Waals surface area contributed by atoms with Crippen molar-refractivity contribution in [2.75, 3.05) is 19.8 Å². The molecule has 0 bridgehead atoms. The smallest absolute Gasteiger partial charge is 0.118 e. The molecule has 1 unspecified atom stereocenters. The van der Waals surface area contributed by atoms with E-state index in [1.54, 1.807) is 0 Å². The molecule has 20 heavy (non-hydrogen) atoms. The largest absolute Gasteiger partial charge is 0.465 e. The minimum Gasteiger partial charge on any atom is -0.465 e. The fourth-order valence-electron chi connectivity index (χ4n) is 2.86. The molecule has 2 heterocycles. The van der Waals surface area contributed by atoms with Crippen molar-refractivity contribution in [1.29, 1.82) is 0 Å². The standard InChI is InChI=1S/C16H26N2O2/c1-3-15-11-19-7-6-18(15)10-13-8-16(20-12(13)2)9-17-14-4-5-14/h8,14-15,17H,3-7,9-11H2,1-2H3. The molecule has 1 aromatic rings. The summed E-state index contributed by atoms with van der Waals surface area (Å²) in [6, 6.07) is 3.51. The predicted octanol–water partition coefficient (Wildman–Crippen LogP) is 2.45. The van der Waals surface area contributed by atoms with Crippen LogP contribution in [0.5, 0.6) is 0 Å². The van der Waals surface area contributed by atoms with Gasteiger partial charge in [-0.3, -0.25) is 4.90 Å². The van der Waals surface area contributed by atoms with Gasteiger partial charge in [-0.1, -0.05) is 6.92 Å². The van der Waals surface area contributed by atoms with Crippen LogP contribution in [0.15, 0.2) is 10.5 Å². The van der Waals surface area contributed by atoms with Crippen LogP contribution in [0.1, 0.15) is 43.3 Å². The molecule has 2 fully saturated rings. The number of nitrogens with one attached hydrogen (secondary N) is 1. The van der Waals surface area contributed by atoms with Gasteiger partial charge >= 0.3 is 0 Å². The molecule has 4 heteroatoms. The van der Waals surface area contributed by atoms with Gasteiger partial charge in [0.25, 0.3) is 0 Å². The summed E-state index contributed by atoms with van der Waals surface area (Å²) in [4.78, 5) is 2.53. The van der Waals surface area contributed by atoms with Crippen LogP contribution in [0.2, 0.25) is 0 Å². The number of hydrogen-bond donors (Lipinski definition) is 1. The average molecular weight is 278 g/mol. The summed E-state index contributed by atoms with van der Waals surface area (Å²) >= 11 is 0. The highest BCUT2D eigenvalue weighted by atomic mass is 16.5. The zero-order valence-electron chi connectivity index (χ0n) is 12.7. The lowest BCUT2D eigenvalue weighted by molar-refractivity contribution is -0.0129. The molecule has 1 saturated heterocycles. The van der Waals surface area contributed by atoms with E-state index < -0.39 is 0 Å². The molecule has 3 rings (SSSR count). The van der Waals surface area contributed by atoms with Crippen molar-refractivity contribution in [2.24, 2.45) is 0 Å². The zero-order chi connectivity index (χ0) is 13.9. The molecule has 2 aliphatic rings. The van der Waals surface area contributed by atoms with Crippen LogP contribution in [-0.4, -0.2) is 36.7 Å². The lowest BCUT2D eigenvalue weighted by Gasteiger charge is -2.34. The van der Waals surface area contributed by atoms with E-state index in [2.05, 4.69) is 30.1 Å². The molecule has 112 valence electrons. The van der Waals surface area contributed by atoms with E-state index >= 15 is 0 Å². The highest BCUT2D eigenvalue weighted by Crippen LogP contribution is 2.22. The fourth-order valence-corrected chi connectivity index (χ4v) is 2.86. The van der Waals surface area contributed by atoms with Crippen molar-refractivity contribution >= 4 is 0 Å². The third-order valence-electron chi connectivity index (χ3n) is 4.41. The van der Waals surface area contributed by atoms with Crippen LogP contribution in [0, 0.1) is 6.92 Å². The monoisotopic (exact) mass is 278 g/mol. The van der Waals surface area contributed by atoms with Crippen LogP contribution in [0.25, 0.3) is 0 Å². The topological polar surface area (TPSA) is 37.6 Å². The molecule has 1 aromatic heterocycles. The van der Waals surface area contributed by atoms with Gasteiger partial charge < -0.3 is 14.5 Å². The molecule has 1 aliphatic heterocycles. The normalized spacial score (nSPS) is 24.2. The Labute approximate surface area is 121 Å². The van der Waals surface area contributed by atoms with E-state index in [4.69, 9.17) is 9.15 Å². The van der Waals surface area contributed by atoms with Gasteiger partial charge in [-0.2, -0.15) is 0 Å². The summed E-state index contributed by atoms with van der Waals surface area (Å²) in [5.41, 5.74) is 1.33. The molecule has 1 saturated carbocycles. The Morgan fingerprint density at radius 2 is 2.25 bits per heavy atom. The van der Waals surface area contributed by atoms with Crippen molar-refractivity contribution < 1.29 is 9.15 Å². The van der Waals surface area contributed by atoms with E-state index in [9.17, 15) is 0 Å². The number of hydrogen-bond acceptors (Lipinski definition) is 4. The minimum atomic E-state index is 0.547. The van der Waals surface area contributed by atoms with Crippen LogP contribution < -0.4 is 5.32 Å². The van der Waals surface area contributed by atoms with Crippen LogP contribution in [-0.2, 0) is 17.8 Å². The van der Waals surface area contributed by atoms with E-state index in [0.717, 1.165) is 56.8 Å². The van der Waals surface area contributed by atoms with Gasteiger partial charge in [0.15, 0.2) is 0 Å². The van der Waals surface area contributed by atoms with Crippen molar-refractivity contribution in [1.82, 2.24) is 10.2 Å². The summed E-state index contributed by atoms with van der Waals surface area (Å²) < 4.78 is 11.5. The maximum atomic E-state index is 5.88. The van der Waals surface area contributed by atoms with Crippen LogP contribution in [0.4, 0.5) is 0 Å². The second-order valence-electron chi connectivity index (χ2n) is 6.06. The molecule has 0 radical (unpaired) electrons. The summed E-state index contributed by atoms with van der Waals surface area (Å²) in [5.74, 6) is 2.14. The lowest BCUT2D eigenvalue weighted by atomic mass is 10.1. The molecule has 1 atom stereocenters. The Balaban J connectivity index is 1.60. The summed E-state index contributed by atoms with van der Waals surface area (Å²) in [7, 11) is 0. The summed E-state index contributed by atoms with van der Waals surface area (Å²) in [6.45, 7) is 8.91. The van der Waals surface area contributed by atoms with E-state index in [1.807, 2.05) is 0 Å². The van der Waals surface area contributed by atoms with Gasteiger partial charge in [-0.25, -0.2) is 0 Å². The predicted molar refractivity (Wildman–Crippen MR) is 78.6 cm³/mol. The third kappa shape index (κ3) is 3.43. The quantitative estimate of drug-likeness (QED) is 0.867. The maximum Gasteiger partial charge on any atom is 0.118 e. The number of morpholine rings is 1. The highest BCUT2D eigenvalue weighted by Gasteiger charge is 2.24. The van der Waals surface area contributed by atoms with Crippen molar-refractivity contribution in [3.8, 4) is 0 Å². The first-order valence-corrected chi connectivity index (χ1v) is 7.89. The fraction of sp³-hybridized carbons (Fsp3) is 0.750. The molecule has 0 spiro atoms. The second-order valence-corrected chi connectivity index (χ2v) is 6.06. The van der Waals surface area contributed by atoms with Crippen molar-refractivity contribution in [3.63, 3.8) is 0 Å². The molecule has 0 amide bonds. The summed E-state index contributed by atoms with van der Waals surface area (Å²) in [6.07, 6.45) is 3.78. The third-order valence-corrected chi connectivity index (χ3v) is 4.41. The minimum absolute atomic E-state index is 0.547. The number of ether oxygens (including phenoxy) is 1. The highest BCUT2D eigenvalue weighted by molar-refractivity contribution is 5.21. The molecule has 4 nitrogen and oxygen atoms in total. The van der Waals surface area contributed by atoms with Gasteiger partial charge in [-0.15, -0.1) is 0 Å². The van der Waals surface area contributed by atoms with Gasteiger partial charge in [0.1, 0.15) is 11.5 Å². The molecular weight excluding hydrogens is 252 g/mol. The molecule has 0 aromatic carbocycles. The van der Waals surface area contributed by atoms with Crippen LogP contribution in [0.3, 0.4) is 0 Å². The molecular formula is C16H26N2O2. The number of rotatable bonds is 6. The Morgan fingerprint density at radius 3 is 3.00 bits per heavy atom. The van der Waals surface area contributed by atoms with Gasteiger partial charge in [-0.05, 0) is 32.3 Å². The first-order chi connectivity index (χ1) is 9.76. The Hall–Kier alpha value is -0.840. The van der Waals surface area contributed by atoms with Crippen molar-refractivity contribution in [2.45, 2.75) is 58.3 Å². The van der Waals surface area contributed by atoms with E-state index in [1.165, 1.54) is 18.4 Å². The van der Waals surface area contributed by atoms with Gasteiger partial charge in [0.05, 0.1) is 19.8 Å². The Kier molecular flexibility index (Phi) is 4.44. The first kappa shape index (κ1) is 14.1. The second kappa shape index (κ2) is 6.29. The zero-order valence-corrected chi connectivity index (χ0v) is 12.7. The van der Waals surface area contributed by atoms with E-state index in [-0.39, 0.29) is 0 Å². The maximum absolute atomic E-state index is 5.88. The molecule has 1 aliphatic carbocycles. The van der Waals surface area contributed by atoms with Gasteiger partial charge in [0.2, 0.25) is 0 Å². The molecule has 1 N–H and O–H groups in total. The van der Waals surface area contributed by atoms with Crippen LogP contribution >= 0.6 is 0 Å². The Bertz CT molecular complexity index is 440. The van der Waals surface area contributed by atoms with Gasteiger partial charge in [0, 0.05) is 30.7 Å². The lowest BCUT2D eigenvalue weighted by Crippen LogP contribution is -2.44. The number of nitrogens with zero attached hydrogens (tertiary/aromatic N) is 1. The number of aryl methyl sites for hydroxylation is 1. The van der Waals surface area contributed by atoms with Crippen molar-refractivity contribution in [3.05, 3.63) is 23.2 Å². The SMILES string of the molecule is CCC1COCCN1Cc1cc(CNC2CC2)oc1C.